The van der Waals surface area contributed by atoms with Crippen molar-refractivity contribution < 1.29 is 13.2 Å². The van der Waals surface area contributed by atoms with Gasteiger partial charge >= 0.3 is 0 Å². The lowest BCUT2D eigenvalue weighted by molar-refractivity contribution is 0.627. The molecule has 0 amide bonds. The van der Waals surface area contributed by atoms with Crippen LogP contribution in [0.4, 0.5) is 24.5 Å². The highest BCUT2D eigenvalue weighted by Crippen LogP contribution is 2.39. The number of aromatic nitrogens is 1. The molecule has 0 bridgehead atoms. The van der Waals surface area contributed by atoms with Crippen molar-refractivity contribution in [3.05, 3.63) is 205 Å². The molecule has 0 aliphatic heterocycles. The lowest BCUT2D eigenvalue weighted by Crippen LogP contribution is -2.30. The quantitative estimate of drug-likeness (QED) is 0.124. The number of rotatable bonds is 7. The Kier molecular flexibility index (Phi) is 8.96. The van der Waals surface area contributed by atoms with Crippen LogP contribution in [0.5, 0.6) is 0 Å². The molecular weight excluding hydrogens is 722 g/mol. The topological polar surface area (TPSA) is 44.4 Å². The summed E-state index contributed by atoms with van der Waals surface area (Å²) < 4.78 is 47.8. The van der Waals surface area contributed by atoms with Gasteiger partial charge in [-0.25, -0.2) is 17.6 Å². The Morgan fingerprint density at radius 3 is 1.50 bits per heavy atom. The van der Waals surface area contributed by atoms with E-state index >= 15 is 0 Å². The number of nitrogens with one attached hydrogen (secondary N) is 1. The van der Waals surface area contributed by atoms with E-state index < -0.39 is 0 Å². The maximum Gasteiger partial charge on any atom is 0.123 e. The highest BCUT2D eigenvalue weighted by atomic mass is 32.1. The Hall–Kier alpha value is -6.90. The second kappa shape index (κ2) is 14.4. The van der Waals surface area contributed by atoms with Gasteiger partial charge in [-0.15, -0.1) is 0 Å². The van der Waals surface area contributed by atoms with Crippen LogP contribution >= 0.6 is 12.8 Å². The zero-order valence-electron chi connectivity index (χ0n) is 29.7. The van der Waals surface area contributed by atoms with Crippen molar-refractivity contribution in [2.45, 2.75) is 0 Å². The van der Waals surface area contributed by atoms with Crippen molar-refractivity contribution >= 4 is 63.0 Å². The zero-order valence-corrected chi connectivity index (χ0v) is 30.6. The summed E-state index contributed by atoms with van der Waals surface area (Å²) in [4.78, 5) is 2.00. The molecule has 4 nitrogen and oxygen atoms in total. The molecule has 0 fully saturated rings. The predicted molar refractivity (Wildman–Crippen MR) is 227 cm³/mol. The molecule has 0 saturated carbocycles. The van der Waals surface area contributed by atoms with Crippen LogP contribution in [0.15, 0.2) is 186 Å². The van der Waals surface area contributed by atoms with Crippen molar-refractivity contribution in [1.29, 1.82) is 5.41 Å². The summed E-state index contributed by atoms with van der Waals surface area (Å²) in [5.41, 5.74) is 10.8. The molecule has 8 heteroatoms. The smallest absolute Gasteiger partial charge is 0.123 e. The molecule has 0 atom stereocenters. The molecule has 1 aliphatic carbocycles. The van der Waals surface area contributed by atoms with Crippen LogP contribution in [0.3, 0.4) is 0 Å². The first-order valence-corrected chi connectivity index (χ1v) is 18.3. The average molecular weight is 753 g/mol. The lowest BCUT2D eigenvalue weighted by atomic mass is 9.90. The van der Waals surface area contributed by atoms with Gasteiger partial charge in [-0.05, 0) is 144 Å². The molecule has 270 valence electrons. The third kappa shape index (κ3) is 6.29. The average Bonchev–Trinajstić information content (AvgIpc) is 3.56. The minimum Gasteiger partial charge on any atom is -0.309 e. The van der Waals surface area contributed by atoms with Gasteiger partial charge in [-0.2, -0.15) is 0 Å². The number of fused-ring (bicyclic) bond motifs is 3. The standard InChI is InChI=1S/C48H31F3N4S/c49-35-14-5-30(6-15-35)32-9-20-38(21-10-32)54(39-22-11-33(12-23-39)31-7-16-36(50)17-8-31)46-28-26-41(48(53-56)47(46)52)34-13-27-45-43(29-34)42-3-1-2-4-44(42)55(45)40-24-18-37(51)19-25-40/h1-29,52,56H. The molecule has 8 aromatic rings. The van der Waals surface area contributed by atoms with Crippen LogP contribution in [0.1, 0.15) is 5.56 Å². The molecule has 1 N–H and O–H groups in total. The molecule has 1 heterocycles. The fourth-order valence-corrected chi connectivity index (χ4v) is 7.64. The van der Waals surface area contributed by atoms with Crippen LogP contribution in [-0.2, 0) is 0 Å². The Morgan fingerprint density at radius 2 is 0.964 bits per heavy atom. The molecule has 7 aromatic carbocycles. The summed E-state index contributed by atoms with van der Waals surface area (Å²) in [6.07, 6.45) is 3.89. The van der Waals surface area contributed by atoms with E-state index in [1.807, 2.05) is 89.8 Å². The van der Waals surface area contributed by atoms with E-state index in [-0.39, 0.29) is 23.2 Å². The molecule has 1 aliphatic rings. The van der Waals surface area contributed by atoms with Gasteiger partial charge in [-0.1, -0.05) is 72.8 Å². The van der Waals surface area contributed by atoms with Crippen LogP contribution < -0.4 is 4.90 Å². The van der Waals surface area contributed by atoms with Crippen molar-refractivity contribution in [2.24, 2.45) is 4.40 Å². The third-order valence-corrected chi connectivity index (χ3v) is 10.4. The van der Waals surface area contributed by atoms with Gasteiger partial charge in [0.05, 0.1) is 16.7 Å². The normalized spacial score (nSPS) is 13.6. The van der Waals surface area contributed by atoms with E-state index in [0.29, 0.717) is 11.4 Å². The van der Waals surface area contributed by atoms with E-state index in [9.17, 15) is 18.6 Å². The number of anilines is 2. The molecule has 56 heavy (non-hydrogen) atoms. The molecule has 0 radical (unpaired) electrons. The summed E-state index contributed by atoms with van der Waals surface area (Å²) in [7, 11) is 0. The number of nitrogens with zero attached hydrogens (tertiary/aromatic N) is 3. The second-order valence-corrected chi connectivity index (χ2v) is 13.7. The second-order valence-electron chi connectivity index (χ2n) is 13.5. The molecule has 9 rings (SSSR count). The zero-order chi connectivity index (χ0) is 38.3. The predicted octanol–water partition coefficient (Wildman–Crippen LogP) is 13.0. The highest BCUT2D eigenvalue weighted by Gasteiger charge is 2.28. The summed E-state index contributed by atoms with van der Waals surface area (Å²) in [6.45, 7) is 0. The monoisotopic (exact) mass is 752 g/mol. The fraction of sp³-hybridized carbons (Fsp3) is 0. The van der Waals surface area contributed by atoms with E-state index in [1.54, 1.807) is 36.4 Å². The van der Waals surface area contributed by atoms with Crippen molar-refractivity contribution in [2.75, 3.05) is 4.90 Å². The first-order chi connectivity index (χ1) is 27.4. The first-order valence-electron chi connectivity index (χ1n) is 17.9. The maximum atomic E-state index is 13.9. The Labute approximate surface area is 326 Å². The van der Waals surface area contributed by atoms with E-state index in [4.69, 9.17) is 0 Å². The molecular formula is C48H31F3N4S. The van der Waals surface area contributed by atoms with Gasteiger partial charge in [0.1, 0.15) is 28.9 Å². The Balaban J connectivity index is 1.15. The van der Waals surface area contributed by atoms with Crippen molar-refractivity contribution in [3.8, 4) is 27.9 Å². The summed E-state index contributed by atoms with van der Waals surface area (Å²) in [6, 6.07) is 49.3. The third-order valence-electron chi connectivity index (χ3n) is 10.2. The maximum absolute atomic E-state index is 13.9. The fourth-order valence-electron chi connectivity index (χ4n) is 7.43. The number of hydrogen-bond donors (Lipinski definition) is 2. The first kappa shape index (κ1) is 34.8. The van der Waals surface area contributed by atoms with Crippen LogP contribution in [0.25, 0.3) is 55.3 Å². The van der Waals surface area contributed by atoms with E-state index in [2.05, 4.69) is 40.0 Å². The summed E-state index contributed by atoms with van der Waals surface area (Å²) in [5, 5.41) is 11.6. The Morgan fingerprint density at radius 1 is 0.500 bits per heavy atom. The molecule has 0 saturated heterocycles. The van der Waals surface area contributed by atoms with E-state index in [1.165, 1.54) is 36.4 Å². The summed E-state index contributed by atoms with van der Waals surface area (Å²) in [5.74, 6) is -0.889. The van der Waals surface area contributed by atoms with Crippen molar-refractivity contribution in [3.63, 3.8) is 0 Å². The largest absolute Gasteiger partial charge is 0.309 e. The van der Waals surface area contributed by atoms with Gasteiger partial charge < -0.3 is 9.47 Å². The number of allylic oxidation sites excluding steroid dienone is 4. The number of hydrogen-bond acceptors (Lipinski definition) is 4. The van der Waals surface area contributed by atoms with Crippen LogP contribution in [0.2, 0.25) is 0 Å². The minimum absolute atomic E-state index is 0.177. The highest BCUT2D eigenvalue weighted by molar-refractivity contribution is 7.79. The molecule has 0 spiro atoms. The van der Waals surface area contributed by atoms with E-state index in [0.717, 1.165) is 72.3 Å². The Bertz CT molecular complexity index is 2780. The summed E-state index contributed by atoms with van der Waals surface area (Å²) >= 11 is 4.40. The number of para-hydroxylation sites is 1. The number of halogens is 3. The van der Waals surface area contributed by atoms with Gasteiger partial charge in [0.25, 0.3) is 0 Å². The SMILES string of the molecule is N=C1C(N(c2ccc(-c3ccc(F)cc3)cc2)c2ccc(-c3ccc(F)cc3)cc2)=CC=C(c2ccc3c(c2)c2ccccc2n3-c2ccc(F)cc2)C1=NS. The van der Waals surface area contributed by atoms with Gasteiger partial charge in [0.15, 0.2) is 0 Å². The molecule has 0 unspecified atom stereocenters. The van der Waals surface area contributed by atoms with Crippen molar-refractivity contribution in [1.82, 2.24) is 4.57 Å². The van der Waals surface area contributed by atoms with Crippen LogP contribution in [-0.4, -0.2) is 16.0 Å². The lowest BCUT2D eigenvalue weighted by Gasteiger charge is -2.31. The van der Waals surface area contributed by atoms with Gasteiger partial charge in [-0.3, -0.25) is 5.41 Å². The number of benzene rings is 7. The minimum atomic E-state index is -0.297. The molecule has 1 aromatic heterocycles. The van der Waals surface area contributed by atoms with Crippen LogP contribution in [0, 0.1) is 22.9 Å². The van der Waals surface area contributed by atoms with Gasteiger partial charge in [0, 0.05) is 33.4 Å². The number of thiol groups is 1. The van der Waals surface area contributed by atoms with Gasteiger partial charge in [0.2, 0.25) is 0 Å².